The fourth-order valence-electron chi connectivity index (χ4n) is 4.01. The van der Waals surface area contributed by atoms with Gasteiger partial charge in [0.05, 0.1) is 20.6 Å². The molecular formula is C29H33FN2O5. The minimum Gasteiger partial charge on any atom is -0.493 e. The summed E-state index contributed by atoms with van der Waals surface area (Å²) < 4.78 is 29.3. The van der Waals surface area contributed by atoms with Gasteiger partial charge in [0.2, 0.25) is 11.8 Å². The number of methoxy groups -OCH3 is 3. The minimum atomic E-state index is -0.888. The van der Waals surface area contributed by atoms with Crippen molar-refractivity contribution in [2.45, 2.75) is 25.4 Å². The predicted molar refractivity (Wildman–Crippen MR) is 139 cm³/mol. The molecule has 0 radical (unpaired) electrons. The third-order valence-electron chi connectivity index (χ3n) is 5.89. The third kappa shape index (κ3) is 7.79. The van der Waals surface area contributed by atoms with Crippen LogP contribution in [0.15, 0.2) is 72.8 Å². The lowest BCUT2D eigenvalue weighted by molar-refractivity contribution is -0.141. The Hall–Kier alpha value is -3.91. The molecule has 2 amide bonds. The number of amides is 2. The van der Waals surface area contributed by atoms with Crippen molar-refractivity contribution in [3.63, 3.8) is 0 Å². The Kier molecular flexibility index (Phi) is 10.5. The van der Waals surface area contributed by atoms with Gasteiger partial charge in [0, 0.05) is 26.8 Å². The second-order valence-corrected chi connectivity index (χ2v) is 8.46. The molecule has 3 rings (SSSR count). The molecule has 0 aliphatic carbocycles. The van der Waals surface area contributed by atoms with Gasteiger partial charge in [-0.1, -0.05) is 48.5 Å². The molecule has 3 aromatic rings. The van der Waals surface area contributed by atoms with Gasteiger partial charge < -0.3 is 24.4 Å². The molecule has 7 nitrogen and oxygen atoms in total. The topological polar surface area (TPSA) is 77.1 Å². The molecule has 1 N–H and O–H groups in total. The highest BCUT2D eigenvalue weighted by Gasteiger charge is 2.31. The number of halogens is 1. The van der Waals surface area contributed by atoms with Gasteiger partial charge in [0.15, 0.2) is 11.5 Å². The van der Waals surface area contributed by atoms with E-state index in [0.717, 1.165) is 0 Å². The first-order valence-electron chi connectivity index (χ1n) is 12.0. The van der Waals surface area contributed by atoms with Crippen molar-refractivity contribution in [1.29, 1.82) is 0 Å². The number of ether oxygens (including phenoxy) is 3. The lowest BCUT2D eigenvalue weighted by Crippen LogP contribution is -2.44. The fourth-order valence-corrected chi connectivity index (χ4v) is 4.01. The van der Waals surface area contributed by atoms with E-state index in [1.54, 1.807) is 44.6 Å². The van der Waals surface area contributed by atoms with E-state index in [2.05, 4.69) is 5.32 Å². The Bertz CT molecular complexity index is 1150. The molecule has 1 unspecified atom stereocenters. The molecule has 0 fully saturated rings. The first-order chi connectivity index (χ1) is 18.0. The average molecular weight is 509 g/mol. The molecule has 0 aliphatic rings. The SMILES string of the molecule is COCCCNC(=O)C(c1ccccc1)N(Cc1ccc(F)cc1)C(=O)Cc1ccc(OC)c(OC)c1. The van der Waals surface area contributed by atoms with Crippen LogP contribution in [-0.2, 0) is 27.3 Å². The summed E-state index contributed by atoms with van der Waals surface area (Å²) in [5.41, 5.74) is 2.09. The van der Waals surface area contributed by atoms with Gasteiger partial charge in [0.1, 0.15) is 11.9 Å². The Balaban J connectivity index is 1.96. The van der Waals surface area contributed by atoms with Crippen LogP contribution in [0, 0.1) is 5.82 Å². The molecule has 0 spiro atoms. The molecule has 0 bridgehead atoms. The number of benzene rings is 3. The van der Waals surface area contributed by atoms with Gasteiger partial charge in [-0.2, -0.15) is 0 Å². The summed E-state index contributed by atoms with van der Waals surface area (Å²) in [4.78, 5) is 28.8. The van der Waals surface area contributed by atoms with Crippen LogP contribution in [0.4, 0.5) is 4.39 Å². The maximum absolute atomic E-state index is 13.8. The summed E-state index contributed by atoms with van der Waals surface area (Å²) in [6, 6.07) is 19.5. The highest BCUT2D eigenvalue weighted by atomic mass is 19.1. The lowest BCUT2D eigenvalue weighted by atomic mass is 10.0. The summed E-state index contributed by atoms with van der Waals surface area (Å²) >= 11 is 0. The summed E-state index contributed by atoms with van der Waals surface area (Å²) in [6.07, 6.45) is 0.670. The van der Waals surface area contributed by atoms with Gasteiger partial charge >= 0.3 is 0 Å². The summed E-state index contributed by atoms with van der Waals surface area (Å²) in [7, 11) is 4.68. The maximum Gasteiger partial charge on any atom is 0.247 e. The Labute approximate surface area is 217 Å². The number of hydrogen-bond donors (Lipinski definition) is 1. The van der Waals surface area contributed by atoms with Crippen LogP contribution >= 0.6 is 0 Å². The van der Waals surface area contributed by atoms with Gasteiger partial charge in [0.25, 0.3) is 0 Å². The second kappa shape index (κ2) is 14.0. The van der Waals surface area contributed by atoms with E-state index in [9.17, 15) is 14.0 Å². The van der Waals surface area contributed by atoms with Crippen LogP contribution < -0.4 is 14.8 Å². The zero-order valence-corrected chi connectivity index (χ0v) is 21.4. The number of carbonyl (C=O) groups is 2. The average Bonchev–Trinajstić information content (AvgIpc) is 2.92. The monoisotopic (exact) mass is 508 g/mol. The highest BCUT2D eigenvalue weighted by Crippen LogP contribution is 2.29. The largest absolute Gasteiger partial charge is 0.493 e. The molecule has 3 aromatic carbocycles. The molecule has 8 heteroatoms. The predicted octanol–water partition coefficient (Wildman–Crippen LogP) is 4.31. The van der Waals surface area contributed by atoms with Gasteiger partial charge in [-0.25, -0.2) is 4.39 Å². The van der Waals surface area contributed by atoms with Gasteiger partial charge in [-0.05, 0) is 47.4 Å². The molecule has 0 saturated carbocycles. The van der Waals surface area contributed by atoms with Crippen molar-refractivity contribution in [1.82, 2.24) is 10.2 Å². The first-order valence-corrected chi connectivity index (χ1v) is 12.0. The van der Waals surface area contributed by atoms with E-state index in [4.69, 9.17) is 14.2 Å². The van der Waals surface area contributed by atoms with Crippen LogP contribution in [0.3, 0.4) is 0 Å². The van der Waals surface area contributed by atoms with Gasteiger partial charge in [-0.15, -0.1) is 0 Å². The summed E-state index contributed by atoms with van der Waals surface area (Å²) in [5.74, 6) is 0.123. The molecule has 0 heterocycles. The lowest BCUT2D eigenvalue weighted by Gasteiger charge is -2.32. The van der Waals surface area contributed by atoms with E-state index in [0.29, 0.717) is 47.8 Å². The number of carbonyl (C=O) groups excluding carboxylic acids is 2. The van der Waals surface area contributed by atoms with Crippen LogP contribution in [-0.4, -0.2) is 51.2 Å². The minimum absolute atomic E-state index is 0.0296. The quantitative estimate of drug-likeness (QED) is 0.348. The van der Waals surface area contributed by atoms with E-state index >= 15 is 0 Å². The second-order valence-electron chi connectivity index (χ2n) is 8.46. The zero-order valence-electron chi connectivity index (χ0n) is 21.4. The van der Waals surface area contributed by atoms with Crippen LogP contribution in [0.25, 0.3) is 0 Å². The van der Waals surface area contributed by atoms with Gasteiger partial charge in [-0.3, -0.25) is 9.59 Å². The van der Waals surface area contributed by atoms with Crippen molar-refractivity contribution < 1.29 is 28.2 Å². The zero-order chi connectivity index (χ0) is 26.6. The van der Waals surface area contributed by atoms with Crippen molar-refractivity contribution in [2.24, 2.45) is 0 Å². The van der Waals surface area contributed by atoms with Crippen LogP contribution in [0.2, 0.25) is 0 Å². The van der Waals surface area contributed by atoms with E-state index in [1.807, 2.05) is 30.3 Å². The summed E-state index contributed by atoms with van der Waals surface area (Å²) in [5, 5.41) is 2.93. The van der Waals surface area contributed by atoms with Crippen LogP contribution in [0.1, 0.15) is 29.2 Å². The van der Waals surface area contributed by atoms with Crippen molar-refractivity contribution >= 4 is 11.8 Å². The number of rotatable bonds is 13. The van der Waals surface area contributed by atoms with E-state index in [-0.39, 0.29) is 30.6 Å². The van der Waals surface area contributed by atoms with E-state index in [1.165, 1.54) is 24.1 Å². The normalized spacial score (nSPS) is 11.5. The Morgan fingerprint density at radius 1 is 0.892 bits per heavy atom. The highest BCUT2D eigenvalue weighted by molar-refractivity contribution is 5.89. The third-order valence-corrected chi connectivity index (χ3v) is 5.89. The Morgan fingerprint density at radius 2 is 1.57 bits per heavy atom. The molecule has 1 atom stereocenters. The van der Waals surface area contributed by atoms with Crippen molar-refractivity contribution in [3.05, 3.63) is 95.3 Å². The molecule has 0 aromatic heterocycles. The standard InChI is InChI=1S/C29H33FN2O5/c1-35-17-7-16-31-29(34)28(23-8-5-4-6-9-23)32(20-21-10-13-24(30)14-11-21)27(33)19-22-12-15-25(36-2)26(18-22)37-3/h4-6,8-15,18,28H,7,16-17,19-20H2,1-3H3,(H,31,34). The maximum atomic E-state index is 13.8. The smallest absolute Gasteiger partial charge is 0.247 e. The number of hydrogen-bond acceptors (Lipinski definition) is 5. The van der Waals surface area contributed by atoms with Crippen molar-refractivity contribution in [2.75, 3.05) is 34.5 Å². The molecule has 37 heavy (non-hydrogen) atoms. The fraction of sp³-hybridized carbons (Fsp3) is 0.310. The van der Waals surface area contributed by atoms with Crippen molar-refractivity contribution in [3.8, 4) is 11.5 Å². The molecule has 196 valence electrons. The summed E-state index contributed by atoms with van der Waals surface area (Å²) in [6.45, 7) is 1.04. The molecule has 0 aliphatic heterocycles. The first kappa shape index (κ1) is 27.7. The van der Waals surface area contributed by atoms with E-state index < -0.39 is 6.04 Å². The number of nitrogens with zero attached hydrogens (tertiary/aromatic N) is 1. The molecular weight excluding hydrogens is 475 g/mol. The molecule has 0 saturated heterocycles. The number of nitrogens with one attached hydrogen (secondary N) is 1. The van der Waals surface area contributed by atoms with Crippen LogP contribution in [0.5, 0.6) is 11.5 Å². The Morgan fingerprint density at radius 3 is 2.22 bits per heavy atom.